The van der Waals surface area contributed by atoms with Crippen LogP contribution in [0.2, 0.25) is 0 Å². The molecular formula is C24H18F2NO3P. The van der Waals surface area contributed by atoms with Crippen molar-refractivity contribution in [1.29, 1.82) is 0 Å². The maximum Gasteiger partial charge on any atom is 0.233 e. The van der Waals surface area contributed by atoms with Gasteiger partial charge in [-0.2, -0.15) is 0 Å². The number of ketones is 1. The molecule has 0 unspecified atom stereocenters. The van der Waals surface area contributed by atoms with Gasteiger partial charge in [-0.15, -0.1) is 0 Å². The average Bonchev–Trinajstić information content (AvgIpc) is 2.79. The van der Waals surface area contributed by atoms with Gasteiger partial charge in [0.1, 0.15) is 11.6 Å². The summed E-state index contributed by atoms with van der Waals surface area (Å²) >= 11 is 0. The molecule has 156 valence electrons. The third-order valence-corrected chi connectivity index (χ3v) is 6.02. The molecule has 1 heterocycles. The Morgan fingerprint density at radius 1 is 0.871 bits per heavy atom. The van der Waals surface area contributed by atoms with E-state index < -0.39 is 17.6 Å². The fourth-order valence-electron chi connectivity index (χ4n) is 3.90. The van der Waals surface area contributed by atoms with Gasteiger partial charge in [0.15, 0.2) is 14.2 Å². The lowest BCUT2D eigenvalue weighted by Crippen LogP contribution is -2.55. The first-order valence-electron chi connectivity index (χ1n) is 9.78. The molecule has 1 amide bonds. The Balaban J connectivity index is 1.56. The van der Waals surface area contributed by atoms with E-state index in [1.165, 1.54) is 36.4 Å². The van der Waals surface area contributed by atoms with Crippen LogP contribution in [0.1, 0.15) is 34.8 Å². The summed E-state index contributed by atoms with van der Waals surface area (Å²) in [6.07, 6.45) is 0.478. The Labute approximate surface area is 179 Å². The van der Waals surface area contributed by atoms with Gasteiger partial charge in [-0.3, -0.25) is 14.2 Å². The Kier molecular flexibility index (Phi) is 6.01. The number of nitrogens with zero attached hydrogens (tertiary/aromatic N) is 1. The van der Waals surface area contributed by atoms with Gasteiger partial charge in [-0.1, -0.05) is 12.1 Å². The number of hydrogen-bond donors (Lipinski definition) is 0. The summed E-state index contributed by atoms with van der Waals surface area (Å²) in [5.41, 5.74) is 1.82. The van der Waals surface area contributed by atoms with Crippen molar-refractivity contribution in [1.82, 2.24) is 0 Å². The van der Waals surface area contributed by atoms with Crippen molar-refractivity contribution < 1.29 is 22.9 Å². The maximum absolute atomic E-state index is 13.4. The molecule has 3 aromatic carbocycles. The number of halogens is 2. The molecule has 0 radical (unpaired) electrons. The molecule has 1 aliphatic heterocycles. The van der Waals surface area contributed by atoms with Crippen molar-refractivity contribution in [2.75, 3.05) is 4.90 Å². The van der Waals surface area contributed by atoms with Gasteiger partial charge in [0.25, 0.3) is 0 Å². The smallest absolute Gasteiger partial charge is 0.233 e. The molecule has 0 spiro atoms. The third kappa shape index (κ3) is 4.30. The van der Waals surface area contributed by atoms with Crippen molar-refractivity contribution in [3.05, 3.63) is 95.6 Å². The molecule has 0 bridgehead atoms. The molecule has 1 saturated heterocycles. The molecule has 3 aromatic rings. The molecule has 31 heavy (non-hydrogen) atoms. The summed E-state index contributed by atoms with van der Waals surface area (Å²) in [4.78, 5) is 27.1. The van der Waals surface area contributed by atoms with Gasteiger partial charge in [0, 0.05) is 23.0 Å². The lowest BCUT2D eigenvalue weighted by molar-refractivity contribution is -0.130. The molecule has 4 rings (SSSR count). The fourth-order valence-corrected chi connectivity index (χ4v) is 4.17. The summed E-state index contributed by atoms with van der Waals surface area (Å²) in [6.45, 7) is 0. The van der Waals surface area contributed by atoms with Gasteiger partial charge >= 0.3 is 0 Å². The van der Waals surface area contributed by atoms with Crippen LogP contribution in [0.25, 0.3) is 0 Å². The first kappa shape index (κ1) is 21.0. The zero-order valence-electron chi connectivity index (χ0n) is 16.4. The molecule has 0 aliphatic carbocycles. The van der Waals surface area contributed by atoms with E-state index >= 15 is 0 Å². The minimum atomic E-state index is -0.426. The lowest BCUT2D eigenvalue weighted by atomic mass is 9.78. The van der Waals surface area contributed by atoms with Crippen LogP contribution in [0, 0.1) is 17.6 Å². The summed E-state index contributed by atoms with van der Waals surface area (Å²) < 4.78 is 37.5. The van der Waals surface area contributed by atoms with E-state index in [0.29, 0.717) is 23.0 Å². The number of Topliss-reactive ketones (excluding diaryl/α,β-unsaturated/α-hetero) is 1. The topological polar surface area (TPSA) is 54.5 Å². The Morgan fingerprint density at radius 2 is 1.45 bits per heavy atom. The molecule has 2 atom stereocenters. The lowest BCUT2D eigenvalue weighted by Gasteiger charge is -2.47. The number of carbonyl (C=O) groups is 2. The van der Waals surface area contributed by atoms with Crippen LogP contribution in [0.3, 0.4) is 0 Å². The quantitative estimate of drug-likeness (QED) is 0.288. The molecule has 1 aliphatic rings. The molecule has 4 nitrogen and oxygen atoms in total. The second kappa shape index (κ2) is 8.86. The first-order valence-corrected chi connectivity index (χ1v) is 10.6. The highest BCUT2D eigenvalue weighted by molar-refractivity contribution is 7.34. The number of benzene rings is 3. The molecule has 7 heteroatoms. The summed E-state index contributed by atoms with van der Waals surface area (Å²) in [5.74, 6) is -1.54. The van der Waals surface area contributed by atoms with E-state index in [0.717, 1.165) is 5.56 Å². The fraction of sp³-hybridized carbons (Fsp3) is 0.167. The standard InChI is InChI=1S/C24H18F2NO3P/c25-17-5-1-15(2-6-17)22(28)14-13-21-23(16-3-11-20(31-30)12-4-16)27(24(21)29)19-9-7-18(26)8-10-19/h1-12,21,23H,13-14H2/t21-,23-/m1/s1. The van der Waals surface area contributed by atoms with E-state index in [1.54, 1.807) is 29.2 Å². The van der Waals surface area contributed by atoms with Crippen LogP contribution < -0.4 is 10.2 Å². The number of hydrogen-bond acceptors (Lipinski definition) is 3. The maximum atomic E-state index is 13.4. The minimum absolute atomic E-state index is 0.0934. The highest BCUT2D eigenvalue weighted by Crippen LogP contribution is 2.45. The van der Waals surface area contributed by atoms with Gasteiger partial charge in [0.05, 0.1) is 12.0 Å². The molecule has 1 fully saturated rings. The number of carbonyl (C=O) groups excluding carboxylic acids is 2. The van der Waals surface area contributed by atoms with E-state index in [4.69, 9.17) is 0 Å². The van der Waals surface area contributed by atoms with Crippen molar-refractivity contribution in [2.45, 2.75) is 18.9 Å². The Morgan fingerprint density at radius 3 is 2.03 bits per heavy atom. The monoisotopic (exact) mass is 437 g/mol. The van der Waals surface area contributed by atoms with Crippen LogP contribution >= 0.6 is 8.46 Å². The number of anilines is 1. The van der Waals surface area contributed by atoms with Gasteiger partial charge in [0.2, 0.25) is 5.91 Å². The van der Waals surface area contributed by atoms with E-state index in [-0.39, 0.29) is 32.6 Å². The Hall–Kier alpha value is -3.24. The van der Waals surface area contributed by atoms with Crippen molar-refractivity contribution in [2.24, 2.45) is 5.92 Å². The number of β-lactam (4-membered cyclic amide) rings is 1. The second-order valence-corrected chi connectivity index (χ2v) is 8.09. The van der Waals surface area contributed by atoms with Crippen molar-refractivity contribution in [3.8, 4) is 0 Å². The third-order valence-electron chi connectivity index (χ3n) is 5.51. The van der Waals surface area contributed by atoms with Gasteiger partial charge < -0.3 is 4.90 Å². The number of amides is 1. The van der Waals surface area contributed by atoms with Gasteiger partial charge in [-0.05, 0) is 72.6 Å². The minimum Gasteiger partial charge on any atom is -0.304 e. The van der Waals surface area contributed by atoms with Crippen LogP contribution in [0.4, 0.5) is 14.5 Å². The zero-order chi connectivity index (χ0) is 22.0. The van der Waals surface area contributed by atoms with E-state index in [9.17, 15) is 22.9 Å². The van der Waals surface area contributed by atoms with Crippen LogP contribution in [-0.2, 0) is 9.36 Å². The second-order valence-electron chi connectivity index (χ2n) is 7.39. The SMILES string of the molecule is O=Pc1ccc([C@@H]2[C@@H](CCC(=O)c3ccc(F)cc3)C(=O)N2c2ccc(F)cc2)cc1. The molecule has 0 saturated carbocycles. The highest BCUT2D eigenvalue weighted by atomic mass is 31.1. The van der Waals surface area contributed by atoms with E-state index in [1.807, 2.05) is 12.1 Å². The summed E-state index contributed by atoms with van der Waals surface area (Å²) in [6, 6.07) is 17.8. The predicted octanol–water partition coefficient (Wildman–Crippen LogP) is 5.25. The number of rotatable bonds is 7. The summed E-state index contributed by atoms with van der Waals surface area (Å²) in [7, 11) is -0.0934. The van der Waals surface area contributed by atoms with Crippen LogP contribution in [0.15, 0.2) is 72.8 Å². The normalized spacial score (nSPS) is 18.1. The van der Waals surface area contributed by atoms with Gasteiger partial charge in [-0.25, -0.2) is 8.78 Å². The Bertz CT molecular complexity index is 1120. The predicted molar refractivity (Wildman–Crippen MR) is 114 cm³/mol. The zero-order valence-corrected chi connectivity index (χ0v) is 17.3. The van der Waals surface area contributed by atoms with Crippen molar-refractivity contribution in [3.63, 3.8) is 0 Å². The van der Waals surface area contributed by atoms with E-state index in [2.05, 4.69) is 0 Å². The summed E-state index contributed by atoms with van der Waals surface area (Å²) in [5, 5.41) is 0.616. The van der Waals surface area contributed by atoms with Crippen molar-refractivity contribution >= 4 is 31.1 Å². The first-order chi connectivity index (χ1) is 15.0. The molecule has 0 aromatic heterocycles. The molecule has 0 N–H and O–H groups in total. The highest BCUT2D eigenvalue weighted by Gasteiger charge is 2.48. The molecular weight excluding hydrogens is 419 g/mol. The van der Waals surface area contributed by atoms with Crippen LogP contribution in [-0.4, -0.2) is 11.7 Å². The largest absolute Gasteiger partial charge is 0.304 e. The average molecular weight is 437 g/mol. The van der Waals surface area contributed by atoms with Crippen LogP contribution in [0.5, 0.6) is 0 Å².